The van der Waals surface area contributed by atoms with Crippen molar-refractivity contribution in [3.8, 4) is 0 Å². The largest absolute Gasteiger partial charge is 0.365 e. The van der Waals surface area contributed by atoms with Crippen LogP contribution in [0.1, 0.15) is 32.1 Å². The fraction of sp³-hybridized carbons (Fsp3) is 0.500. The SMILES string of the molecule is C=CCC1(CC=C)CC(O)(O)C1(CC=C)CC=C. The number of hydrogen-bond acceptors (Lipinski definition) is 2. The van der Waals surface area contributed by atoms with E-state index in [1.165, 1.54) is 0 Å². The summed E-state index contributed by atoms with van der Waals surface area (Å²) < 4.78 is 0. The van der Waals surface area contributed by atoms with Gasteiger partial charge in [-0.25, -0.2) is 0 Å². The van der Waals surface area contributed by atoms with E-state index in [0.29, 0.717) is 19.3 Å². The van der Waals surface area contributed by atoms with Gasteiger partial charge in [-0.1, -0.05) is 24.3 Å². The number of rotatable bonds is 8. The third-order valence-corrected chi connectivity index (χ3v) is 4.42. The molecule has 0 saturated heterocycles. The van der Waals surface area contributed by atoms with Crippen LogP contribution in [0.3, 0.4) is 0 Å². The zero-order chi connectivity index (χ0) is 13.9. The highest BCUT2D eigenvalue weighted by Gasteiger charge is 2.70. The maximum absolute atomic E-state index is 10.3. The Morgan fingerprint density at radius 3 is 1.44 bits per heavy atom. The van der Waals surface area contributed by atoms with Crippen LogP contribution in [0.4, 0.5) is 0 Å². The van der Waals surface area contributed by atoms with Gasteiger partial charge in [-0.05, 0) is 31.1 Å². The molecule has 0 atom stereocenters. The van der Waals surface area contributed by atoms with Crippen LogP contribution >= 0.6 is 0 Å². The molecule has 1 saturated carbocycles. The Morgan fingerprint density at radius 1 is 0.778 bits per heavy atom. The smallest absolute Gasteiger partial charge is 0.169 e. The second-order valence-corrected chi connectivity index (χ2v) is 5.33. The molecule has 0 aromatic rings. The monoisotopic (exact) mass is 248 g/mol. The Morgan fingerprint density at radius 2 is 1.17 bits per heavy atom. The van der Waals surface area contributed by atoms with E-state index in [1.807, 2.05) is 12.2 Å². The molecular formula is C16H24O2. The van der Waals surface area contributed by atoms with Crippen molar-refractivity contribution in [2.75, 3.05) is 0 Å². The van der Waals surface area contributed by atoms with Gasteiger partial charge in [-0.3, -0.25) is 0 Å². The summed E-state index contributed by atoms with van der Waals surface area (Å²) in [6.45, 7) is 15.1. The van der Waals surface area contributed by atoms with Crippen LogP contribution in [0.5, 0.6) is 0 Å². The summed E-state index contributed by atoms with van der Waals surface area (Å²) in [5.74, 6) is -1.67. The van der Waals surface area contributed by atoms with Crippen LogP contribution in [0.15, 0.2) is 50.6 Å². The standard InChI is InChI=1S/C16H24O2/c1-5-9-14(10-6-2)13-16(17,18)15(14,11-7-3)12-8-4/h5-8,17-18H,1-4,9-13H2. The van der Waals surface area contributed by atoms with Gasteiger partial charge in [0.05, 0.1) is 0 Å². The molecule has 0 unspecified atom stereocenters. The molecule has 0 radical (unpaired) electrons. The summed E-state index contributed by atoms with van der Waals surface area (Å²) in [5, 5.41) is 20.5. The van der Waals surface area contributed by atoms with Crippen molar-refractivity contribution in [3.05, 3.63) is 50.6 Å². The van der Waals surface area contributed by atoms with Crippen molar-refractivity contribution in [1.82, 2.24) is 0 Å². The van der Waals surface area contributed by atoms with Crippen LogP contribution in [0.2, 0.25) is 0 Å². The van der Waals surface area contributed by atoms with E-state index in [1.54, 1.807) is 12.2 Å². The molecule has 1 fully saturated rings. The van der Waals surface area contributed by atoms with Gasteiger partial charge < -0.3 is 10.2 Å². The second-order valence-electron chi connectivity index (χ2n) is 5.33. The Balaban J connectivity index is 3.24. The summed E-state index contributed by atoms with van der Waals surface area (Å²) in [6.07, 6.45) is 10.1. The van der Waals surface area contributed by atoms with E-state index in [0.717, 1.165) is 12.8 Å². The fourth-order valence-electron chi connectivity index (χ4n) is 3.64. The van der Waals surface area contributed by atoms with Gasteiger partial charge in [0, 0.05) is 11.8 Å². The highest BCUT2D eigenvalue weighted by atomic mass is 16.5. The minimum atomic E-state index is -1.67. The Bertz CT molecular complexity index is 332. The normalized spacial score (nSPS) is 22.6. The van der Waals surface area contributed by atoms with Gasteiger partial charge >= 0.3 is 0 Å². The first-order chi connectivity index (χ1) is 8.45. The van der Waals surface area contributed by atoms with Gasteiger partial charge in [0.25, 0.3) is 0 Å². The lowest BCUT2D eigenvalue weighted by atomic mass is 9.41. The lowest BCUT2D eigenvalue weighted by molar-refractivity contribution is -0.369. The van der Waals surface area contributed by atoms with E-state index in [2.05, 4.69) is 26.3 Å². The van der Waals surface area contributed by atoms with Crippen molar-refractivity contribution < 1.29 is 10.2 Å². The predicted octanol–water partition coefficient (Wildman–Crippen LogP) is 3.35. The predicted molar refractivity (Wildman–Crippen MR) is 75.9 cm³/mol. The highest BCUT2D eigenvalue weighted by molar-refractivity contribution is 5.21. The molecule has 1 rings (SSSR count). The van der Waals surface area contributed by atoms with Gasteiger partial charge in [0.2, 0.25) is 0 Å². The molecule has 1 aliphatic rings. The molecule has 2 N–H and O–H groups in total. The first kappa shape index (κ1) is 14.9. The zero-order valence-electron chi connectivity index (χ0n) is 11.1. The van der Waals surface area contributed by atoms with Crippen LogP contribution in [-0.2, 0) is 0 Å². The summed E-state index contributed by atoms with van der Waals surface area (Å²) in [7, 11) is 0. The van der Waals surface area contributed by atoms with Crippen LogP contribution < -0.4 is 0 Å². The average molecular weight is 248 g/mol. The molecule has 18 heavy (non-hydrogen) atoms. The summed E-state index contributed by atoms with van der Waals surface area (Å²) in [5.41, 5.74) is -0.839. The van der Waals surface area contributed by atoms with Crippen molar-refractivity contribution in [2.45, 2.75) is 37.9 Å². The van der Waals surface area contributed by atoms with E-state index >= 15 is 0 Å². The maximum Gasteiger partial charge on any atom is 0.169 e. The molecule has 0 spiro atoms. The topological polar surface area (TPSA) is 40.5 Å². The molecule has 2 nitrogen and oxygen atoms in total. The third kappa shape index (κ3) is 1.90. The molecule has 0 bridgehead atoms. The minimum Gasteiger partial charge on any atom is -0.365 e. The first-order valence-corrected chi connectivity index (χ1v) is 6.33. The minimum absolute atomic E-state index is 0.206. The molecule has 0 amide bonds. The van der Waals surface area contributed by atoms with E-state index < -0.39 is 11.2 Å². The average Bonchev–Trinajstić information content (AvgIpc) is 2.28. The van der Waals surface area contributed by atoms with Crippen molar-refractivity contribution in [2.24, 2.45) is 10.8 Å². The number of hydrogen-bond donors (Lipinski definition) is 2. The molecule has 2 heteroatoms. The summed E-state index contributed by atoms with van der Waals surface area (Å²) in [4.78, 5) is 0. The fourth-order valence-corrected chi connectivity index (χ4v) is 3.64. The third-order valence-electron chi connectivity index (χ3n) is 4.42. The molecule has 0 aliphatic heterocycles. The molecule has 1 aliphatic carbocycles. The van der Waals surface area contributed by atoms with E-state index in [4.69, 9.17) is 0 Å². The Kier molecular flexibility index (Phi) is 4.36. The maximum atomic E-state index is 10.3. The van der Waals surface area contributed by atoms with Crippen molar-refractivity contribution in [3.63, 3.8) is 0 Å². The Hall–Kier alpha value is -1.12. The summed E-state index contributed by atoms with van der Waals surface area (Å²) >= 11 is 0. The van der Waals surface area contributed by atoms with Crippen LogP contribution in [0.25, 0.3) is 0 Å². The molecule has 100 valence electrons. The second kappa shape index (κ2) is 5.25. The number of allylic oxidation sites excluding steroid dienone is 4. The van der Waals surface area contributed by atoms with Gasteiger partial charge in [0.1, 0.15) is 0 Å². The number of aliphatic hydroxyl groups is 2. The van der Waals surface area contributed by atoms with E-state index in [-0.39, 0.29) is 5.41 Å². The molecule has 0 aromatic heterocycles. The first-order valence-electron chi connectivity index (χ1n) is 6.33. The lowest BCUT2D eigenvalue weighted by Gasteiger charge is -2.66. The van der Waals surface area contributed by atoms with E-state index in [9.17, 15) is 10.2 Å². The Labute approximate surface area is 110 Å². The zero-order valence-corrected chi connectivity index (χ0v) is 11.1. The van der Waals surface area contributed by atoms with Crippen LogP contribution in [-0.4, -0.2) is 16.0 Å². The molecular weight excluding hydrogens is 224 g/mol. The lowest BCUT2D eigenvalue weighted by Crippen LogP contribution is -2.69. The molecule has 0 aromatic carbocycles. The molecule has 0 heterocycles. The quantitative estimate of drug-likeness (QED) is 0.511. The van der Waals surface area contributed by atoms with Crippen molar-refractivity contribution >= 4 is 0 Å². The van der Waals surface area contributed by atoms with Gasteiger partial charge in [-0.2, -0.15) is 0 Å². The summed E-state index contributed by atoms with van der Waals surface area (Å²) in [6, 6.07) is 0. The van der Waals surface area contributed by atoms with Crippen molar-refractivity contribution in [1.29, 1.82) is 0 Å². The van der Waals surface area contributed by atoms with Gasteiger partial charge in [-0.15, -0.1) is 26.3 Å². The van der Waals surface area contributed by atoms with Crippen LogP contribution in [0, 0.1) is 10.8 Å². The van der Waals surface area contributed by atoms with Gasteiger partial charge in [0.15, 0.2) is 5.79 Å². The highest BCUT2D eigenvalue weighted by Crippen LogP contribution is 2.69.